The number of fused-ring (bicyclic) bond motifs is 1. The summed E-state index contributed by atoms with van der Waals surface area (Å²) in [6.45, 7) is 5.00. The molecular formula is C15H18N4O. The van der Waals surface area contributed by atoms with Gasteiger partial charge in [-0.25, -0.2) is 4.98 Å². The Labute approximate surface area is 118 Å². The Morgan fingerprint density at radius 1 is 1.25 bits per heavy atom. The van der Waals surface area contributed by atoms with Gasteiger partial charge >= 0.3 is 0 Å². The number of hydrogen-bond acceptors (Lipinski definition) is 4. The summed E-state index contributed by atoms with van der Waals surface area (Å²) < 4.78 is 7.55. The van der Waals surface area contributed by atoms with Crippen molar-refractivity contribution in [2.24, 2.45) is 0 Å². The molecule has 104 valence electrons. The Morgan fingerprint density at radius 2 is 2.05 bits per heavy atom. The zero-order valence-electron chi connectivity index (χ0n) is 11.5. The first-order chi connectivity index (χ1) is 9.88. The van der Waals surface area contributed by atoms with Crippen LogP contribution < -0.4 is 0 Å². The molecule has 0 aliphatic carbocycles. The third-order valence-electron chi connectivity index (χ3n) is 3.65. The van der Waals surface area contributed by atoms with E-state index in [4.69, 9.17) is 15.0 Å². The standard InChI is InChI=1S/C15H18N4O/c16-6-3-7-19-14-5-2-1-4-13(14)17-15(19)12-18-8-10-20-11-9-18/h1-2,4-5H,3,7-12H2. The first-order valence-corrected chi connectivity index (χ1v) is 6.99. The molecule has 20 heavy (non-hydrogen) atoms. The Morgan fingerprint density at radius 3 is 2.85 bits per heavy atom. The molecule has 5 nitrogen and oxygen atoms in total. The van der Waals surface area contributed by atoms with Crippen LogP contribution in [0.4, 0.5) is 0 Å². The van der Waals surface area contributed by atoms with Crippen molar-refractivity contribution >= 4 is 11.0 Å². The van der Waals surface area contributed by atoms with Crippen molar-refractivity contribution in [3.63, 3.8) is 0 Å². The summed E-state index contributed by atoms with van der Waals surface area (Å²) in [6.07, 6.45) is 0.510. The van der Waals surface area contributed by atoms with E-state index in [1.807, 2.05) is 18.2 Å². The molecule has 5 heteroatoms. The number of para-hydroxylation sites is 2. The Kier molecular flexibility index (Phi) is 3.95. The molecule has 1 aromatic heterocycles. The van der Waals surface area contributed by atoms with Crippen LogP contribution in [0.25, 0.3) is 11.0 Å². The van der Waals surface area contributed by atoms with Crippen LogP contribution in [0, 0.1) is 11.3 Å². The molecular weight excluding hydrogens is 252 g/mol. The molecule has 0 amide bonds. The number of aryl methyl sites for hydroxylation is 1. The SMILES string of the molecule is N#CCCn1c(CN2CCOCC2)nc2ccccc21. The van der Waals surface area contributed by atoms with Gasteiger partial charge in [0.05, 0.1) is 43.3 Å². The third kappa shape index (κ3) is 2.67. The van der Waals surface area contributed by atoms with Gasteiger partial charge in [-0.1, -0.05) is 12.1 Å². The molecule has 2 heterocycles. The van der Waals surface area contributed by atoms with Gasteiger partial charge in [-0.15, -0.1) is 0 Å². The van der Waals surface area contributed by atoms with Crippen LogP contribution in [0.5, 0.6) is 0 Å². The molecule has 0 bridgehead atoms. The lowest BCUT2D eigenvalue weighted by Crippen LogP contribution is -2.36. The van der Waals surface area contributed by atoms with Crippen molar-refractivity contribution in [2.45, 2.75) is 19.5 Å². The number of imidazole rings is 1. The van der Waals surface area contributed by atoms with Crippen molar-refractivity contribution in [3.8, 4) is 6.07 Å². The zero-order valence-corrected chi connectivity index (χ0v) is 11.5. The molecule has 1 aliphatic heterocycles. The van der Waals surface area contributed by atoms with Crippen LogP contribution >= 0.6 is 0 Å². The Bertz CT molecular complexity index is 622. The molecule has 1 fully saturated rings. The fourth-order valence-corrected chi connectivity index (χ4v) is 2.62. The van der Waals surface area contributed by atoms with E-state index in [2.05, 4.69) is 21.6 Å². The summed E-state index contributed by atoms with van der Waals surface area (Å²) in [5.74, 6) is 1.04. The second-order valence-corrected chi connectivity index (χ2v) is 4.97. The van der Waals surface area contributed by atoms with E-state index in [9.17, 15) is 0 Å². The summed E-state index contributed by atoms with van der Waals surface area (Å²) in [7, 11) is 0. The molecule has 3 rings (SSSR count). The van der Waals surface area contributed by atoms with Gasteiger partial charge in [0.1, 0.15) is 5.82 Å². The minimum atomic E-state index is 0.510. The molecule has 1 aromatic carbocycles. The average Bonchev–Trinajstić information content (AvgIpc) is 2.83. The third-order valence-corrected chi connectivity index (χ3v) is 3.65. The lowest BCUT2D eigenvalue weighted by Gasteiger charge is -2.26. The highest BCUT2D eigenvalue weighted by atomic mass is 16.5. The Balaban J connectivity index is 1.89. The largest absolute Gasteiger partial charge is 0.379 e. The van der Waals surface area contributed by atoms with Crippen molar-refractivity contribution in [3.05, 3.63) is 30.1 Å². The monoisotopic (exact) mass is 270 g/mol. The van der Waals surface area contributed by atoms with Crippen molar-refractivity contribution in [1.82, 2.24) is 14.5 Å². The maximum Gasteiger partial charge on any atom is 0.124 e. The van der Waals surface area contributed by atoms with Crippen LogP contribution in [-0.2, 0) is 17.8 Å². The quantitative estimate of drug-likeness (QED) is 0.850. The number of ether oxygens (including phenoxy) is 1. The molecule has 0 N–H and O–H groups in total. The van der Waals surface area contributed by atoms with E-state index >= 15 is 0 Å². The number of rotatable bonds is 4. The van der Waals surface area contributed by atoms with Gasteiger partial charge in [0, 0.05) is 19.6 Å². The molecule has 1 aliphatic rings. The smallest absolute Gasteiger partial charge is 0.124 e. The lowest BCUT2D eigenvalue weighted by molar-refractivity contribution is 0.0326. The van der Waals surface area contributed by atoms with E-state index in [1.54, 1.807) is 0 Å². The Hall–Kier alpha value is -1.90. The fourth-order valence-electron chi connectivity index (χ4n) is 2.62. The molecule has 0 saturated carbocycles. The number of aromatic nitrogens is 2. The number of morpholine rings is 1. The van der Waals surface area contributed by atoms with Crippen LogP contribution in [-0.4, -0.2) is 40.8 Å². The second-order valence-electron chi connectivity index (χ2n) is 4.97. The lowest BCUT2D eigenvalue weighted by atomic mass is 10.3. The molecule has 0 spiro atoms. The summed E-state index contributed by atoms with van der Waals surface area (Å²) in [6, 6.07) is 10.3. The minimum Gasteiger partial charge on any atom is -0.379 e. The topological polar surface area (TPSA) is 54.1 Å². The van der Waals surface area contributed by atoms with E-state index in [-0.39, 0.29) is 0 Å². The summed E-state index contributed by atoms with van der Waals surface area (Å²) in [5.41, 5.74) is 2.12. The van der Waals surface area contributed by atoms with Crippen molar-refractivity contribution in [1.29, 1.82) is 5.26 Å². The van der Waals surface area contributed by atoms with E-state index in [0.29, 0.717) is 13.0 Å². The number of nitriles is 1. The van der Waals surface area contributed by atoms with Crippen LogP contribution in [0.3, 0.4) is 0 Å². The first kappa shape index (κ1) is 13.1. The van der Waals surface area contributed by atoms with Crippen LogP contribution in [0.15, 0.2) is 24.3 Å². The highest BCUT2D eigenvalue weighted by Crippen LogP contribution is 2.18. The van der Waals surface area contributed by atoms with E-state index < -0.39 is 0 Å². The van der Waals surface area contributed by atoms with Crippen molar-refractivity contribution in [2.75, 3.05) is 26.3 Å². The summed E-state index contributed by atoms with van der Waals surface area (Å²) in [5, 5.41) is 8.84. The normalized spacial score (nSPS) is 16.4. The number of hydrogen-bond donors (Lipinski definition) is 0. The first-order valence-electron chi connectivity index (χ1n) is 6.99. The maximum absolute atomic E-state index is 8.84. The highest BCUT2D eigenvalue weighted by molar-refractivity contribution is 5.75. The molecule has 1 saturated heterocycles. The van der Waals surface area contributed by atoms with Gasteiger partial charge in [0.15, 0.2) is 0 Å². The predicted molar refractivity (Wildman–Crippen MR) is 76.1 cm³/mol. The van der Waals surface area contributed by atoms with E-state index in [0.717, 1.165) is 49.7 Å². The van der Waals surface area contributed by atoms with Gasteiger partial charge in [-0.2, -0.15) is 5.26 Å². The minimum absolute atomic E-state index is 0.510. The molecule has 0 atom stereocenters. The molecule has 0 radical (unpaired) electrons. The summed E-state index contributed by atoms with van der Waals surface area (Å²) in [4.78, 5) is 7.09. The van der Waals surface area contributed by atoms with Crippen LogP contribution in [0.2, 0.25) is 0 Å². The van der Waals surface area contributed by atoms with Gasteiger partial charge in [0.25, 0.3) is 0 Å². The fraction of sp³-hybridized carbons (Fsp3) is 0.467. The summed E-state index contributed by atoms with van der Waals surface area (Å²) >= 11 is 0. The highest BCUT2D eigenvalue weighted by Gasteiger charge is 2.16. The van der Waals surface area contributed by atoms with Gasteiger partial charge in [-0.3, -0.25) is 4.90 Å². The number of nitrogens with zero attached hydrogens (tertiary/aromatic N) is 4. The molecule has 0 unspecified atom stereocenters. The van der Waals surface area contributed by atoms with Gasteiger partial charge in [-0.05, 0) is 12.1 Å². The second kappa shape index (κ2) is 6.04. The average molecular weight is 270 g/mol. The molecule has 2 aromatic rings. The van der Waals surface area contributed by atoms with Crippen LogP contribution in [0.1, 0.15) is 12.2 Å². The van der Waals surface area contributed by atoms with Crippen molar-refractivity contribution < 1.29 is 4.74 Å². The van der Waals surface area contributed by atoms with E-state index in [1.165, 1.54) is 0 Å². The zero-order chi connectivity index (χ0) is 13.8. The number of benzene rings is 1. The predicted octanol–water partition coefficient (Wildman–Crippen LogP) is 1.78. The van der Waals surface area contributed by atoms with Gasteiger partial charge in [0.2, 0.25) is 0 Å². The maximum atomic E-state index is 8.84. The van der Waals surface area contributed by atoms with Gasteiger partial charge < -0.3 is 9.30 Å².